The van der Waals surface area contributed by atoms with Crippen LogP contribution in [-0.2, 0) is 21.2 Å². The van der Waals surface area contributed by atoms with Crippen LogP contribution in [0.1, 0.15) is 16.3 Å². The molecular formula is C14H19N3O4S2. The van der Waals surface area contributed by atoms with E-state index < -0.39 is 10.0 Å². The molecule has 0 spiro atoms. The first-order chi connectivity index (χ1) is 10.8. The Balaban J connectivity index is 1.89. The predicted molar refractivity (Wildman–Crippen MR) is 86.8 cm³/mol. The molecule has 126 valence electrons. The van der Waals surface area contributed by atoms with E-state index >= 15 is 0 Å². The Labute approximate surface area is 139 Å². The monoisotopic (exact) mass is 357 g/mol. The molecule has 0 aliphatic rings. The molecule has 2 rings (SSSR count). The molecule has 0 unspecified atom stereocenters. The Morgan fingerprint density at radius 3 is 2.74 bits per heavy atom. The van der Waals surface area contributed by atoms with Crippen LogP contribution in [0.5, 0.6) is 0 Å². The maximum absolute atomic E-state index is 12.5. The number of likely N-dealkylation sites (N-methyl/N-ethyl adjacent to an activating group) is 1. The summed E-state index contributed by atoms with van der Waals surface area (Å²) in [4.78, 5) is 12.8. The number of amides is 1. The van der Waals surface area contributed by atoms with Crippen LogP contribution in [0.3, 0.4) is 0 Å². The highest BCUT2D eigenvalue weighted by Gasteiger charge is 2.28. The van der Waals surface area contributed by atoms with Crippen molar-refractivity contribution < 1.29 is 17.7 Å². The maximum atomic E-state index is 12.5. The van der Waals surface area contributed by atoms with E-state index in [2.05, 4.69) is 10.5 Å². The second-order valence-electron chi connectivity index (χ2n) is 5.09. The van der Waals surface area contributed by atoms with Crippen LogP contribution in [0.2, 0.25) is 0 Å². The van der Waals surface area contributed by atoms with E-state index in [9.17, 15) is 13.2 Å². The Hall–Kier alpha value is -1.71. The number of hydrogen-bond acceptors (Lipinski definition) is 6. The molecule has 2 aromatic heterocycles. The third kappa shape index (κ3) is 4.18. The SMILES string of the molecule is Cc1noc(C)c1S(=O)(=O)N(C)CCNC(=O)Cc1cccs1. The Morgan fingerprint density at radius 2 is 2.17 bits per heavy atom. The molecule has 9 heteroatoms. The van der Waals surface area contributed by atoms with Gasteiger partial charge >= 0.3 is 0 Å². The number of nitrogens with one attached hydrogen (secondary N) is 1. The molecule has 7 nitrogen and oxygen atoms in total. The van der Waals surface area contributed by atoms with E-state index in [1.54, 1.807) is 13.8 Å². The smallest absolute Gasteiger partial charge is 0.248 e. The fourth-order valence-electron chi connectivity index (χ4n) is 2.11. The van der Waals surface area contributed by atoms with E-state index in [-0.39, 0.29) is 29.7 Å². The summed E-state index contributed by atoms with van der Waals surface area (Å²) in [5.74, 6) is 0.131. The first kappa shape index (κ1) is 17.6. The Bertz CT molecular complexity index is 747. The zero-order valence-electron chi connectivity index (χ0n) is 13.2. The van der Waals surface area contributed by atoms with Gasteiger partial charge in [-0.25, -0.2) is 8.42 Å². The summed E-state index contributed by atoms with van der Waals surface area (Å²) >= 11 is 1.51. The highest BCUT2D eigenvalue weighted by Crippen LogP contribution is 2.21. The molecule has 0 bridgehead atoms. The van der Waals surface area contributed by atoms with Crippen LogP contribution < -0.4 is 5.32 Å². The minimum Gasteiger partial charge on any atom is -0.360 e. The fourth-order valence-corrected chi connectivity index (χ4v) is 4.26. The van der Waals surface area contributed by atoms with E-state index in [1.165, 1.54) is 22.7 Å². The summed E-state index contributed by atoms with van der Waals surface area (Å²) in [7, 11) is -2.21. The number of carbonyl (C=O) groups excluding carboxylic acids is 1. The van der Waals surface area contributed by atoms with Gasteiger partial charge in [0, 0.05) is 25.0 Å². The minimum atomic E-state index is -3.68. The van der Waals surface area contributed by atoms with Crippen LogP contribution >= 0.6 is 11.3 Å². The standard InChI is InChI=1S/C14H19N3O4S2/c1-10-14(11(2)21-16-10)23(19,20)17(3)7-6-15-13(18)9-12-5-4-8-22-12/h4-5,8H,6-7,9H2,1-3H3,(H,15,18). The van der Waals surface area contributed by atoms with Crippen molar-refractivity contribution in [2.24, 2.45) is 0 Å². The van der Waals surface area contributed by atoms with Crippen molar-refractivity contribution in [3.8, 4) is 0 Å². The molecule has 0 aromatic carbocycles. The van der Waals surface area contributed by atoms with Crippen LogP contribution in [0, 0.1) is 13.8 Å². The van der Waals surface area contributed by atoms with Gasteiger partial charge in [0.2, 0.25) is 15.9 Å². The number of thiophene rings is 1. The molecule has 0 aliphatic heterocycles. The van der Waals surface area contributed by atoms with Gasteiger partial charge in [-0.2, -0.15) is 4.31 Å². The fraction of sp³-hybridized carbons (Fsp3) is 0.429. The average molecular weight is 357 g/mol. The summed E-state index contributed by atoms with van der Waals surface area (Å²) in [6.07, 6.45) is 0.304. The second-order valence-corrected chi connectivity index (χ2v) is 8.10. The van der Waals surface area contributed by atoms with E-state index in [4.69, 9.17) is 4.52 Å². The Morgan fingerprint density at radius 1 is 1.43 bits per heavy atom. The van der Waals surface area contributed by atoms with Crippen molar-refractivity contribution in [2.75, 3.05) is 20.1 Å². The van der Waals surface area contributed by atoms with Gasteiger partial charge in [0.05, 0.1) is 6.42 Å². The largest absolute Gasteiger partial charge is 0.360 e. The molecule has 2 heterocycles. The van der Waals surface area contributed by atoms with Gasteiger partial charge < -0.3 is 9.84 Å². The highest BCUT2D eigenvalue weighted by molar-refractivity contribution is 7.89. The van der Waals surface area contributed by atoms with Crippen molar-refractivity contribution in [3.63, 3.8) is 0 Å². The summed E-state index contributed by atoms with van der Waals surface area (Å²) in [6.45, 7) is 3.55. The number of carbonyl (C=O) groups is 1. The van der Waals surface area contributed by atoms with Gasteiger partial charge in [-0.1, -0.05) is 11.2 Å². The number of hydrogen-bond donors (Lipinski definition) is 1. The van der Waals surface area contributed by atoms with Crippen LogP contribution in [0.15, 0.2) is 26.9 Å². The predicted octanol–water partition coefficient (Wildman–Crippen LogP) is 1.33. The summed E-state index contributed by atoms with van der Waals surface area (Å²) < 4.78 is 31.1. The molecule has 0 fully saturated rings. The van der Waals surface area contributed by atoms with Gasteiger partial charge in [-0.15, -0.1) is 11.3 Å². The second kappa shape index (κ2) is 7.24. The molecule has 23 heavy (non-hydrogen) atoms. The highest BCUT2D eigenvalue weighted by atomic mass is 32.2. The number of nitrogens with zero attached hydrogens (tertiary/aromatic N) is 2. The molecule has 0 aliphatic carbocycles. The summed E-state index contributed by atoms with van der Waals surface area (Å²) in [5.41, 5.74) is 0.330. The first-order valence-corrected chi connectivity index (χ1v) is 9.32. The van der Waals surface area contributed by atoms with Crippen molar-refractivity contribution in [1.29, 1.82) is 0 Å². The first-order valence-electron chi connectivity index (χ1n) is 7.00. The van der Waals surface area contributed by atoms with Gasteiger partial charge in [0.1, 0.15) is 10.6 Å². The quantitative estimate of drug-likeness (QED) is 0.807. The molecule has 0 atom stereocenters. The average Bonchev–Trinajstić information content (AvgIpc) is 3.08. The molecule has 0 saturated heterocycles. The molecule has 0 saturated carbocycles. The number of aromatic nitrogens is 1. The van der Waals surface area contributed by atoms with Crippen molar-refractivity contribution in [2.45, 2.75) is 25.2 Å². The zero-order chi connectivity index (χ0) is 17.0. The Kier molecular flexibility index (Phi) is 5.55. The molecular weight excluding hydrogens is 338 g/mol. The lowest BCUT2D eigenvalue weighted by molar-refractivity contribution is -0.120. The lowest BCUT2D eigenvalue weighted by Gasteiger charge is -2.17. The summed E-state index contributed by atoms with van der Waals surface area (Å²) in [6, 6.07) is 3.77. The number of rotatable bonds is 7. The minimum absolute atomic E-state index is 0.0879. The maximum Gasteiger partial charge on any atom is 0.248 e. The topological polar surface area (TPSA) is 92.5 Å². The van der Waals surface area contributed by atoms with Crippen LogP contribution in [0.4, 0.5) is 0 Å². The third-order valence-electron chi connectivity index (χ3n) is 3.30. The zero-order valence-corrected chi connectivity index (χ0v) is 14.8. The van der Waals surface area contributed by atoms with E-state index in [0.29, 0.717) is 12.1 Å². The lowest BCUT2D eigenvalue weighted by Crippen LogP contribution is -2.36. The van der Waals surface area contributed by atoms with Gasteiger partial charge in [-0.05, 0) is 25.3 Å². The van der Waals surface area contributed by atoms with Crippen molar-refractivity contribution >= 4 is 27.3 Å². The van der Waals surface area contributed by atoms with Gasteiger partial charge in [0.25, 0.3) is 0 Å². The van der Waals surface area contributed by atoms with Gasteiger partial charge in [-0.3, -0.25) is 4.79 Å². The normalized spacial score (nSPS) is 11.8. The lowest BCUT2D eigenvalue weighted by atomic mass is 10.3. The van der Waals surface area contributed by atoms with Crippen LogP contribution in [-0.4, -0.2) is 43.9 Å². The van der Waals surface area contributed by atoms with E-state index in [1.807, 2.05) is 17.5 Å². The molecule has 2 aromatic rings. The van der Waals surface area contributed by atoms with E-state index in [0.717, 1.165) is 4.88 Å². The van der Waals surface area contributed by atoms with Crippen molar-refractivity contribution in [1.82, 2.24) is 14.8 Å². The van der Waals surface area contributed by atoms with Crippen molar-refractivity contribution in [3.05, 3.63) is 33.8 Å². The number of aryl methyl sites for hydroxylation is 2. The molecule has 1 amide bonds. The third-order valence-corrected chi connectivity index (χ3v) is 6.28. The van der Waals surface area contributed by atoms with Crippen LogP contribution in [0.25, 0.3) is 0 Å². The molecule has 1 N–H and O–H groups in total. The molecule has 0 radical (unpaired) electrons. The van der Waals surface area contributed by atoms with Gasteiger partial charge in [0.15, 0.2) is 5.76 Å². The number of sulfonamides is 1. The summed E-state index contributed by atoms with van der Waals surface area (Å²) in [5, 5.41) is 8.30.